The molecule has 0 saturated heterocycles. The number of benzene rings is 2. The van der Waals surface area contributed by atoms with Gasteiger partial charge in [-0.15, -0.1) is 11.8 Å². The minimum absolute atomic E-state index is 0.00129. The van der Waals surface area contributed by atoms with Crippen LogP contribution in [0.4, 0.5) is 9.52 Å². The number of aryl methyl sites for hydroxylation is 1. The fourth-order valence-corrected chi connectivity index (χ4v) is 5.41. The number of amides is 1. The Bertz CT molecular complexity index is 1180. The lowest BCUT2D eigenvalue weighted by Crippen LogP contribution is -2.30. The minimum atomic E-state index is -0.248. The number of carbonyl (C=O) groups is 1. The van der Waals surface area contributed by atoms with Crippen molar-refractivity contribution in [3.05, 3.63) is 82.9 Å². The van der Waals surface area contributed by atoms with Gasteiger partial charge in [-0.3, -0.25) is 14.7 Å². The maximum absolute atomic E-state index is 13.2. The second-order valence-corrected chi connectivity index (χ2v) is 9.84. The van der Waals surface area contributed by atoms with Gasteiger partial charge < -0.3 is 0 Å². The number of anilines is 1. The number of halogens is 2. The Morgan fingerprint density at radius 2 is 2.00 bits per heavy atom. The molecule has 2 aromatic carbocycles. The number of rotatable bonds is 8. The van der Waals surface area contributed by atoms with Crippen LogP contribution in [0.5, 0.6) is 0 Å². The van der Waals surface area contributed by atoms with Crippen molar-refractivity contribution < 1.29 is 9.18 Å². The van der Waals surface area contributed by atoms with Crippen LogP contribution in [0, 0.1) is 12.7 Å². The van der Waals surface area contributed by atoms with Gasteiger partial charge in [0.05, 0.1) is 21.8 Å². The average Bonchev–Trinajstić information content (AvgIpc) is 3.26. The van der Waals surface area contributed by atoms with Gasteiger partial charge in [0.1, 0.15) is 5.82 Å². The third-order valence-electron chi connectivity index (χ3n) is 4.90. The zero-order valence-corrected chi connectivity index (χ0v) is 19.8. The van der Waals surface area contributed by atoms with Crippen molar-refractivity contribution in [1.82, 2.24) is 9.97 Å². The zero-order chi connectivity index (χ0) is 22.5. The van der Waals surface area contributed by atoms with E-state index in [-0.39, 0.29) is 11.7 Å². The van der Waals surface area contributed by atoms with Crippen molar-refractivity contribution in [1.29, 1.82) is 0 Å². The number of pyridine rings is 1. The second-order valence-electron chi connectivity index (χ2n) is 7.29. The summed E-state index contributed by atoms with van der Waals surface area (Å²) < 4.78 is 13.9. The van der Waals surface area contributed by atoms with Gasteiger partial charge in [-0.25, -0.2) is 9.37 Å². The first-order valence-electron chi connectivity index (χ1n) is 10.1. The highest BCUT2D eigenvalue weighted by Gasteiger charge is 2.21. The fraction of sp³-hybridized carbons (Fsp3) is 0.208. The van der Waals surface area contributed by atoms with Gasteiger partial charge in [0.25, 0.3) is 0 Å². The Morgan fingerprint density at radius 1 is 1.19 bits per heavy atom. The highest BCUT2D eigenvalue weighted by atomic mass is 35.5. The van der Waals surface area contributed by atoms with Gasteiger partial charge in [-0.1, -0.05) is 35.1 Å². The first-order chi connectivity index (χ1) is 15.5. The molecule has 2 heterocycles. The zero-order valence-electron chi connectivity index (χ0n) is 17.4. The standard InChI is InChI=1S/C24H21ClFN3OS2/c1-16-6-11-20(25)23-22(16)28-24(32-23)29(15-17-4-2-12-27-14-17)21(30)5-3-13-31-19-9-7-18(26)8-10-19/h2,4,6-12,14H,3,5,13,15H2,1H3. The molecule has 0 radical (unpaired) electrons. The maximum atomic E-state index is 13.2. The lowest BCUT2D eigenvalue weighted by molar-refractivity contribution is -0.118. The molecule has 0 aliphatic rings. The molecule has 0 bridgehead atoms. The number of hydrogen-bond donors (Lipinski definition) is 0. The van der Waals surface area contributed by atoms with Crippen molar-refractivity contribution in [3.63, 3.8) is 0 Å². The molecule has 4 rings (SSSR count). The summed E-state index contributed by atoms with van der Waals surface area (Å²) >= 11 is 9.43. The molecule has 0 N–H and O–H groups in total. The van der Waals surface area contributed by atoms with Crippen molar-refractivity contribution in [2.24, 2.45) is 0 Å². The minimum Gasteiger partial charge on any atom is -0.284 e. The third kappa shape index (κ3) is 5.46. The van der Waals surface area contributed by atoms with Crippen molar-refractivity contribution in [2.45, 2.75) is 31.2 Å². The summed E-state index contributed by atoms with van der Waals surface area (Å²) in [5.41, 5.74) is 2.79. The summed E-state index contributed by atoms with van der Waals surface area (Å²) in [6, 6.07) is 14.0. The molecule has 0 saturated carbocycles. The van der Waals surface area contributed by atoms with Crippen LogP contribution >= 0.6 is 34.7 Å². The fourth-order valence-electron chi connectivity index (χ4n) is 3.22. The molecule has 0 fully saturated rings. The van der Waals surface area contributed by atoms with E-state index in [0.717, 1.165) is 32.0 Å². The Kier molecular flexibility index (Phi) is 7.40. The summed E-state index contributed by atoms with van der Waals surface area (Å²) in [4.78, 5) is 24.9. The number of fused-ring (bicyclic) bond motifs is 1. The first-order valence-corrected chi connectivity index (χ1v) is 12.3. The summed E-state index contributed by atoms with van der Waals surface area (Å²) in [6.07, 6.45) is 4.56. The largest absolute Gasteiger partial charge is 0.284 e. The van der Waals surface area contributed by atoms with Gasteiger partial charge in [0, 0.05) is 23.7 Å². The number of carbonyl (C=O) groups excluding carboxylic acids is 1. The van der Waals surface area contributed by atoms with E-state index < -0.39 is 0 Å². The SMILES string of the molecule is Cc1ccc(Cl)c2sc(N(Cc3cccnc3)C(=O)CCCSc3ccc(F)cc3)nc12. The van der Waals surface area contributed by atoms with E-state index in [1.54, 1.807) is 41.2 Å². The molecule has 0 atom stereocenters. The van der Waals surface area contributed by atoms with Crippen molar-refractivity contribution >= 4 is 56.0 Å². The number of hydrogen-bond acceptors (Lipinski definition) is 5. The van der Waals surface area contributed by atoms with Crippen LogP contribution in [0.3, 0.4) is 0 Å². The van der Waals surface area contributed by atoms with Crippen LogP contribution < -0.4 is 4.90 Å². The summed E-state index contributed by atoms with van der Waals surface area (Å²) in [5, 5.41) is 1.27. The van der Waals surface area contributed by atoms with E-state index in [1.165, 1.54) is 23.5 Å². The molecule has 0 aliphatic heterocycles. The van der Waals surface area contributed by atoms with Crippen LogP contribution in [-0.2, 0) is 11.3 Å². The lowest BCUT2D eigenvalue weighted by atomic mass is 10.2. The highest BCUT2D eigenvalue weighted by Crippen LogP contribution is 2.36. The number of thiazole rings is 1. The van der Waals surface area contributed by atoms with E-state index in [0.29, 0.717) is 29.5 Å². The van der Waals surface area contributed by atoms with E-state index >= 15 is 0 Å². The maximum Gasteiger partial charge on any atom is 0.229 e. The Hall–Kier alpha value is -2.48. The summed E-state index contributed by atoms with van der Waals surface area (Å²) in [7, 11) is 0. The Morgan fingerprint density at radius 3 is 2.72 bits per heavy atom. The number of nitrogens with zero attached hydrogens (tertiary/aromatic N) is 3. The van der Waals surface area contributed by atoms with E-state index in [1.807, 2.05) is 31.2 Å². The molecule has 32 heavy (non-hydrogen) atoms. The van der Waals surface area contributed by atoms with Crippen LogP contribution in [-0.4, -0.2) is 21.6 Å². The van der Waals surface area contributed by atoms with Gasteiger partial charge in [-0.2, -0.15) is 0 Å². The van der Waals surface area contributed by atoms with E-state index in [2.05, 4.69) is 4.98 Å². The molecule has 0 unspecified atom stereocenters. The van der Waals surface area contributed by atoms with Gasteiger partial charge in [0.2, 0.25) is 5.91 Å². The van der Waals surface area contributed by atoms with E-state index in [4.69, 9.17) is 16.6 Å². The van der Waals surface area contributed by atoms with Crippen LogP contribution in [0.2, 0.25) is 5.02 Å². The molecule has 4 nitrogen and oxygen atoms in total. The molecule has 1 amide bonds. The van der Waals surface area contributed by atoms with Gasteiger partial charge in [0.15, 0.2) is 5.13 Å². The second kappa shape index (κ2) is 10.4. The van der Waals surface area contributed by atoms with Gasteiger partial charge >= 0.3 is 0 Å². The molecule has 4 aromatic rings. The number of aromatic nitrogens is 2. The monoisotopic (exact) mass is 485 g/mol. The Labute approximate surface area is 199 Å². The van der Waals surface area contributed by atoms with Crippen molar-refractivity contribution in [3.8, 4) is 0 Å². The molecule has 2 aromatic heterocycles. The van der Waals surface area contributed by atoms with Crippen LogP contribution in [0.1, 0.15) is 24.0 Å². The normalized spacial score (nSPS) is 11.1. The highest BCUT2D eigenvalue weighted by molar-refractivity contribution is 7.99. The predicted molar refractivity (Wildman–Crippen MR) is 131 cm³/mol. The molecule has 0 aliphatic carbocycles. The molecule has 8 heteroatoms. The van der Waals surface area contributed by atoms with Crippen molar-refractivity contribution in [2.75, 3.05) is 10.7 Å². The predicted octanol–water partition coefficient (Wildman–Crippen LogP) is 6.90. The smallest absolute Gasteiger partial charge is 0.229 e. The lowest BCUT2D eigenvalue weighted by Gasteiger charge is -2.20. The molecular formula is C24H21ClFN3OS2. The third-order valence-corrected chi connectivity index (χ3v) is 7.54. The average molecular weight is 486 g/mol. The first kappa shape index (κ1) is 22.7. The topological polar surface area (TPSA) is 46.1 Å². The molecule has 164 valence electrons. The summed E-state index contributed by atoms with van der Waals surface area (Å²) in [6.45, 7) is 2.39. The number of thioether (sulfide) groups is 1. The molecule has 0 spiro atoms. The quantitative estimate of drug-likeness (QED) is 0.201. The van der Waals surface area contributed by atoms with Gasteiger partial charge in [-0.05, 0) is 66.6 Å². The Balaban J connectivity index is 1.50. The molecular weight excluding hydrogens is 465 g/mol. The van der Waals surface area contributed by atoms with Crippen LogP contribution in [0.25, 0.3) is 10.2 Å². The summed E-state index contributed by atoms with van der Waals surface area (Å²) in [5.74, 6) is 0.520. The van der Waals surface area contributed by atoms with Crippen LogP contribution in [0.15, 0.2) is 65.8 Å². The van der Waals surface area contributed by atoms with E-state index in [9.17, 15) is 9.18 Å².